The highest BCUT2D eigenvalue weighted by molar-refractivity contribution is 8.00. The minimum atomic E-state index is -0.755. The second kappa shape index (κ2) is 11.7. The summed E-state index contributed by atoms with van der Waals surface area (Å²) < 4.78 is 11.7. The van der Waals surface area contributed by atoms with E-state index in [9.17, 15) is 19.2 Å². The van der Waals surface area contributed by atoms with Crippen molar-refractivity contribution in [2.24, 2.45) is 5.92 Å². The number of H-pyrrole nitrogens is 1. The number of benzene rings is 3. The zero-order valence-corrected chi connectivity index (χ0v) is 24.6. The number of thioether (sulfide) groups is 1. The number of imide groups is 1. The normalized spacial score (nSPS) is 19.3. The van der Waals surface area contributed by atoms with Crippen molar-refractivity contribution >= 4 is 63.8 Å². The predicted octanol–water partition coefficient (Wildman–Crippen LogP) is 5.30. The number of carbonyl (C=O) groups excluding carboxylic acids is 3. The van der Waals surface area contributed by atoms with Gasteiger partial charge in [0.15, 0.2) is 18.1 Å². The van der Waals surface area contributed by atoms with Gasteiger partial charge in [0.2, 0.25) is 11.8 Å². The Morgan fingerprint density at radius 1 is 0.976 bits per heavy atom. The summed E-state index contributed by atoms with van der Waals surface area (Å²) in [6.45, 7) is 1.91. The Morgan fingerprint density at radius 3 is 2.48 bits per heavy atom. The lowest BCUT2D eigenvalue weighted by Crippen LogP contribution is -2.32. The minimum Gasteiger partial charge on any atom is -0.490 e. The first-order chi connectivity index (χ1) is 20.3. The Hall–Kier alpha value is -4.06. The van der Waals surface area contributed by atoms with Crippen molar-refractivity contribution in [1.82, 2.24) is 4.98 Å². The number of aromatic amines is 1. The highest BCUT2D eigenvalue weighted by Crippen LogP contribution is 2.53. The number of hydrogen-bond donors (Lipinski definition) is 2. The fourth-order valence-corrected chi connectivity index (χ4v) is 7.83. The zero-order chi connectivity index (χ0) is 29.4. The van der Waals surface area contributed by atoms with Crippen LogP contribution < -0.4 is 24.6 Å². The van der Waals surface area contributed by atoms with Gasteiger partial charge in [0, 0.05) is 21.5 Å². The van der Waals surface area contributed by atoms with Crippen molar-refractivity contribution in [3.8, 4) is 11.5 Å². The van der Waals surface area contributed by atoms with Crippen molar-refractivity contribution in [2.75, 3.05) is 23.4 Å². The fourth-order valence-electron chi connectivity index (χ4n) is 5.19. The summed E-state index contributed by atoms with van der Waals surface area (Å²) in [4.78, 5) is 56.9. The highest BCUT2D eigenvalue weighted by atomic mass is 35.5. The van der Waals surface area contributed by atoms with Crippen LogP contribution in [0, 0.1) is 5.92 Å². The fraction of sp³-hybridized carbons (Fsp3) is 0.200. The number of para-hydroxylation sites is 1. The Balaban J connectivity index is 1.32. The molecule has 1 fully saturated rings. The van der Waals surface area contributed by atoms with E-state index in [0.717, 1.165) is 11.3 Å². The number of ether oxygens (including phenoxy) is 2. The third kappa shape index (κ3) is 5.31. The molecule has 2 aliphatic rings. The lowest BCUT2D eigenvalue weighted by Gasteiger charge is -2.30. The predicted molar refractivity (Wildman–Crippen MR) is 162 cm³/mol. The molecule has 0 radical (unpaired) electrons. The largest absolute Gasteiger partial charge is 0.490 e. The molecule has 0 saturated carbocycles. The van der Waals surface area contributed by atoms with Crippen LogP contribution >= 0.6 is 34.7 Å². The molecule has 0 spiro atoms. The second-order valence-electron chi connectivity index (χ2n) is 9.58. The number of nitrogens with one attached hydrogen (secondary N) is 2. The lowest BCUT2D eigenvalue weighted by atomic mass is 9.83. The zero-order valence-electron chi connectivity index (χ0n) is 22.2. The number of carbonyl (C=O) groups is 3. The molecular weight excluding hydrogens is 598 g/mol. The maximum Gasteiger partial charge on any atom is 0.305 e. The number of amides is 3. The van der Waals surface area contributed by atoms with E-state index in [1.807, 2.05) is 25.1 Å². The molecule has 214 valence electrons. The van der Waals surface area contributed by atoms with Crippen LogP contribution in [0.4, 0.5) is 11.4 Å². The molecule has 3 aromatic carbocycles. The van der Waals surface area contributed by atoms with Crippen molar-refractivity contribution in [3.63, 3.8) is 0 Å². The maximum absolute atomic E-state index is 13.9. The molecule has 3 atom stereocenters. The SMILES string of the molecule is CCOc1cc(C2c3sc(=O)[nH]c3SC3C(=O)N(c4ccc(Cl)cc4)C(=O)C32)ccc1OCC(=O)Nc1ccccc1. The van der Waals surface area contributed by atoms with Gasteiger partial charge in [-0.3, -0.25) is 19.2 Å². The number of anilines is 2. The van der Waals surface area contributed by atoms with E-state index in [1.54, 1.807) is 54.6 Å². The quantitative estimate of drug-likeness (QED) is 0.256. The third-order valence-corrected chi connectivity index (χ3v) is 9.60. The molecule has 42 heavy (non-hydrogen) atoms. The topological polar surface area (TPSA) is 118 Å². The molecule has 3 unspecified atom stereocenters. The monoisotopic (exact) mass is 621 g/mol. The molecule has 1 saturated heterocycles. The molecule has 2 aliphatic heterocycles. The van der Waals surface area contributed by atoms with Crippen molar-refractivity contribution < 1.29 is 23.9 Å². The number of aromatic nitrogens is 1. The summed E-state index contributed by atoms with van der Waals surface area (Å²) in [6, 6.07) is 20.8. The number of hydrogen-bond acceptors (Lipinski definition) is 8. The Bertz CT molecular complexity index is 1720. The molecule has 2 N–H and O–H groups in total. The van der Waals surface area contributed by atoms with Gasteiger partial charge < -0.3 is 19.8 Å². The number of nitrogens with zero attached hydrogens (tertiary/aromatic N) is 1. The molecular formula is C30H24ClN3O6S2. The van der Waals surface area contributed by atoms with Gasteiger partial charge in [-0.15, -0.1) is 0 Å². The van der Waals surface area contributed by atoms with Crippen molar-refractivity contribution in [2.45, 2.75) is 23.1 Å². The van der Waals surface area contributed by atoms with E-state index in [4.69, 9.17) is 21.1 Å². The van der Waals surface area contributed by atoms with Gasteiger partial charge in [0.05, 0.1) is 23.2 Å². The van der Waals surface area contributed by atoms with E-state index >= 15 is 0 Å². The average Bonchev–Trinajstić information content (AvgIpc) is 3.47. The van der Waals surface area contributed by atoms with Crippen molar-refractivity contribution in [1.29, 1.82) is 0 Å². The van der Waals surface area contributed by atoms with E-state index < -0.39 is 17.1 Å². The smallest absolute Gasteiger partial charge is 0.305 e. The average molecular weight is 622 g/mol. The molecule has 4 aromatic rings. The summed E-state index contributed by atoms with van der Waals surface area (Å²) in [5, 5.41) is 3.11. The molecule has 1 aromatic heterocycles. The summed E-state index contributed by atoms with van der Waals surface area (Å²) in [7, 11) is 0. The molecule has 0 bridgehead atoms. The maximum atomic E-state index is 13.9. The minimum absolute atomic E-state index is 0.244. The van der Waals surface area contributed by atoms with Crippen LogP contribution in [0.25, 0.3) is 0 Å². The van der Waals surface area contributed by atoms with Gasteiger partial charge in [-0.1, -0.05) is 59.0 Å². The number of rotatable bonds is 8. The van der Waals surface area contributed by atoms with E-state index in [0.29, 0.717) is 50.0 Å². The van der Waals surface area contributed by atoms with Crippen LogP contribution in [0.5, 0.6) is 11.5 Å². The molecule has 9 nitrogen and oxygen atoms in total. The van der Waals surface area contributed by atoms with Crippen LogP contribution in [0.3, 0.4) is 0 Å². The van der Waals surface area contributed by atoms with Crippen LogP contribution in [-0.4, -0.2) is 41.2 Å². The van der Waals surface area contributed by atoms with E-state index in [1.165, 1.54) is 16.7 Å². The summed E-state index contributed by atoms with van der Waals surface area (Å²) in [5.41, 5.74) is 1.78. The van der Waals surface area contributed by atoms with Gasteiger partial charge in [0.25, 0.3) is 5.91 Å². The molecule has 12 heteroatoms. The first-order valence-corrected chi connectivity index (χ1v) is 15.2. The number of thiazole rings is 1. The first kappa shape index (κ1) is 28.1. The summed E-state index contributed by atoms with van der Waals surface area (Å²) >= 11 is 8.27. The molecule has 3 amide bonds. The van der Waals surface area contributed by atoms with E-state index in [2.05, 4.69) is 10.3 Å². The van der Waals surface area contributed by atoms with Crippen LogP contribution in [0.15, 0.2) is 82.6 Å². The van der Waals surface area contributed by atoms with Crippen LogP contribution in [0.2, 0.25) is 5.02 Å². The highest BCUT2D eigenvalue weighted by Gasteiger charge is 2.56. The summed E-state index contributed by atoms with van der Waals surface area (Å²) in [6.07, 6.45) is 0. The van der Waals surface area contributed by atoms with Gasteiger partial charge in [-0.05, 0) is 61.0 Å². The van der Waals surface area contributed by atoms with Crippen LogP contribution in [-0.2, 0) is 14.4 Å². The van der Waals surface area contributed by atoms with Crippen molar-refractivity contribution in [3.05, 3.63) is 97.9 Å². The molecule has 3 heterocycles. The first-order valence-electron chi connectivity index (χ1n) is 13.1. The second-order valence-corrected chi connectivity index (χ2v) is 12.2. The standard InChI is InChI=1S/C30H24ClN3O6S2/c1-2-39-21-14-16(8-13-20(21)40-15-22(35)32-18-6-4-3-5-7-18)23-24-26(41-27-25(23)42-30(38)33-27)29(37)34(28(24)36)19-11-9-17(31)10-12-19/h3-14,23-24,26H,2,15H2,1H3,(H,32,35)(H,33,38). The van der Waals surface area contributed by atoms with Gasteiger partial charge in [-0.2, -0.15) is 0 Å². The number of fused-ring (bicyclic) bond motifs is 2. The molecule has 0 aliphatic carbocycles. The third-order valence-electron chi connectivity index (χ3n) is 6.95. The summed E-state index contributed by atoms with van der Waals surface area (Å²) in [5.74, 6) is -1.65. The van der Waals surface area contributed by atoms with Gasteiger partial charge in [0.1, 0.15) is 5.25 Å². The lowest BCUT2D eigenvalue weighted by molar-refractivity contribution is -0.122. The Morgan fingerprint density at radius 2 is 1.74 bits per heavy atom. The van der Waals surface area contributed by atoms with Crippen LogP contribution in [0.1, 0.15) is 23.3 Å². The van der Waals surface area contributed by atoms with Gasteiger partial charge >= 0.3 is 4.87 Å². The van der Waals surface area contributed by atoms with E-state index in [-0.39, 0.29) is 29.2 Å². The Labute approximate surface area is 253 Å². The number of halogens is 1. The van der Waals surface area contributed by atoms with Gasteiger partial charge in [-0.25, -0.2) is 4.90 Å². The Kier molecular flexibility index (Phi) is 7.80. The molecule has 6 rings (SSSR count).